The van der Waals surface area contributed by atoms with Crippen LogP contribution in [0.4, 0.5) is 38.1 Å². The van der Waals surface area contributed by atoms with Crippen molar-refractivity contribution in [2.75, 3.05) is 49.5 Å². The van der Waals surface area contributed by atoms with Crippen LogP contribution in [0.1, 0.15) is 43.7 Å². The van der Waals surface area contributed by atoms with Gasteiger partial charge in [0, 0.05) is 51.6 Å². The molecule has 2 N–H and O–H groups in total. The highest BCUT2D eigenvalue weighted by Crippen LogP contribution is 2.37. The summed E-state index contributed by atoms with van der Waals surface area (Å²) in [5.74, 6) is 1.39. The smallest absolute Gasteiger partial charge is 0.354 e. The molecule has 9 nitrogen and oxygen atoms in total. The van der Waals surface area contributed by atoms with Crippen LogP contribution in [0.15, 0.2) is 47.4 Å². The number of nitrogens with one attached hydrogen (secondary N) is 2. The molecule has 5 rings (SSSR count). The van der Waals surface area contributed by atoms with Crippen molar-refractivity contribution in [2.45, 2.75) is 49.9 Å². The number of rotatable bonds is 8. The lowest BCUT2D eigenvalue weighted by molar-refractivity contribution is -0.143. The molecular formula is C30H34F6N6O3S. The summed E-state index contributed by atoms with van der Waals surface area (Å²) in [6, 6.07) is 8.02. The molecule has 1 amide bonds. The summed E-state index contributed by atoms with van der Waals surface area (Å²) >= 11 is 0. The van der Waals surface area contributed by atoms with Crippen LogP contribution < -0.4 is 14.9 Å². The SMILES string of the molecule is CC(=O)N1CCN(c2nc(NCC3CCC(CNS(=O)(=O)c4cc(C(F)(F)F)cc(C(F)(F)F)c4)CC3)nc3ccccc23)CC1. The van der Waals surface area contributed by atoms with E-state index in [4.69, 9.17) is 4.98 Å². The lowest BCUT2D eigenvalue weighted by Crippen LogP contribution is -2.48. The number of carbonyl (C=O) groups excluding carboxylic acids is 1. The molecular weight excluding hydrogens is 638 g/mol. The van der Waals surface area contributed by atoms with Crippen molar-refractivity contribution in [3.8, 4) is 0 Å². The number of fused-ring (bicyclic) bond motifs is 1. The molecule has 2 fully saturated rings. The number of sulfonamides is 1. The molecule has 1 saturated carbocycles. The van der Waals surface area contributed by atoms with Gasteiger partial charge in [0.05, 0.1) is 21.5 Å². The van der Waals surface area contributed by atoms with Crippen LogP contribution in [0, 0.1) is 11.8 Å². The summed E-state index contributed by atoms with van der Waals surface area (Å²) in [6.07, 6.45) is -7.60. The van der Waals surface area contributed by atoms with Gasteiger partial charge in [0.1, 0.15) is 5.82 Å². The fourth-order valence-corrected chi connectivity index (χ4v) is 7.07. The van der Waals surface area contributed by atoms with E-state index in [1.54, 1.807) is 11.8 Å². The number of amides is 1. The van der Waals surface area contributed by atoms with Gasteiger partial charge in [-0.25, -0.2) is 18.1 Å². The number of nitrogens with zero attached hydrogens (tertiary/aromatic N) is 4. The van der Waals surface area contributed by atoms with Gasteiger partial charge in [0.15, 0.2) is 0 Å². The second-order valence-corrected chi connectivity index (χ2v) is 13.5. The van der Waals surface area contributed by atoms with E-state index < -0.39 is 38.4 Å². The Balaban J connectivity index is 1.17. The fraction of sp³-hybridized carbons (Fsp3) is 0.500. The maximum absolute atomic E-state index is 13.2. The lowest BCUT2D eigenvalue weighted by Gasteiger charge is -2.35. The normalized spacial score (nSPS) is 19.8. The topological polar surface area (TPSA) is 108 Å². The Morgan fingerprint density at radius 3 is 1.98 bits per heavy atom. The average molecular weight is 673 g/mol. The van der Waals surface area contributed by atoms with Gasteiger partial charge >= 0.3 is 12.4 Å². The number of carbonyl (C=O) groups is 1. The van der Waals surface area contributed by atoms with Crippen LogP contribution in [0.25, 0.3) is 10.9 Å². The van der Waals surface area contributed by atoms with Crippen LogP contribution in [-0.4, -0.2) is 68.5 Å². The van der Waals surface area contributed by atoms with E-state index in [2.05, 4.69) is 19.9 Å². The van der Waals surface area contributed by atoms with Crippen LogP contribution in [0.5, 0.6) is 0 Å². The molecule has 2 aromatic carbocycles. The molecule has 0 spiro atoms. The number of aromatic nitrogens is 2. The molecule has 2 aliphatic rings. The molecule has 1 saturated heterocycles. The Morgan fingerprint density at radius 2 is 1.41 bits per heavy atom. The quantitative estimate of drug-likeness (QED) is 0.303. The first-order valence-electron chi connectivity index (χ1n) is 14.9. The summed E-state index contributed by atoms with van der Waals surface area (Å²) in [5, 5.41) is 4.24. The fourth-order valence-electron chi connectivity index (χ4n) is 5.88. The highest BCUT2D eigenvalue weighted by molar-refractivity contribution is 7.89. The number of hydrogen-bond acceptors (Lipinski definition) is 7. The zero-order chi connectivity index (χ0) is 33.3. The van der Waals surface area contributed by atoms with E-state index >= 15 is 0 Å². The molecule has 0 bridgehead atoms. The summed E-state index contributed by atoms with van der Waals surface area (Å²) < 4.78 is 107. The highest BCUT2D eigenvalue weighted by Gasteiger charge is 2.38. The van der Waals surface area contributed by atoms with E-state index in [1.807, 2.05) is 24.3 Å². The molecule has 46 heavy (non-hydrogen) atoms. The molecule has 2 heterocycles. The van der Waals surface area contributed by atoms with E-state index in [1.165, 1.54) is 0 Å². The van der Waals surface area contributed by atoms with Crippen molar-refractivity contribution in [1.29, 1.82) is 0 Å². The molecule has 1 aromatic heterocycles. The third-order valence-electron chi connectivity index (χ3n) is 8.56. The van der Waals surface area contributed by atoms with Gasteiger partial charge in [0.25, 0.3) is 0 Å². The van der Waals surface area contributed by atoms with E-state index in [0.717, 1.165) is 29.6 Å². The zero-order valence-corrected chi connectivity index (χ0v) is 25.8. The second kappa shape index (κ2) is 13.2. The number of benzene rings is 2. The molecule has 16 heteroatoms. The van der Waals surface area contributed by atoms with Gasteiger partial charge in [-0.1, -0.05) is 12.1 Å². The minimum Gasteiger partial charge on any atom is -0.354 e. The Kier molecular flexibility index (Phi) is 9.68. The number of alkyl halides is 6. The van der Waals surface area contributed by atoms with Crippen molar-refractivity contribution in [3.63, 3.8) is 0 Å². The predicted octanol–water partition coefficient (Wildman–Crippen LogP) is 5.53. The van der Waals surface area contributed by atoms with Crippen molar-refractivity contribution in [3.05, 3.63) is 53.6 Å². The minimum atomic E-state index is -5.15. The summed E-state index contributed by atoms with van der Waals surface area (Å²) in [4.78, 5) is 24.1. The molecule has 1 aliphatic heterocycles. The Bertz CT molecular complexity index is 1640. The van der Waals surface area contributed by atoms with Gasteiger partial charge < -0.3 is 15.1 Å². The van der Waals surface area contributed by atoms with Gasteiger partial charge in [-0.05, 0) is 67.9 Å². The summed E-state index contributed by atoms with van der Waals surface area (Å²) in [5.41, 5.74) is -2.59. The molecule has 3 aromatic rings. The first kappa shape index (κ1) is 33.7. The Labute approximate surface area is 262 Å². The molecule has 250 valence electrons. The number of anilines is 2. The van der Waals surface area contributed by atoms with E-state index in [9.17, 15) is 39.6 Å². The van der Waals surface area contributed by atoms with Gasteiger partial charge in [0.2, 0.25) is 21.9 Å². The third kappa shape index (κ3) is 8.00. The number of hydrogen-bond donors (Lipinski definition) is 2. The van der Waals surface area contributed by atoms with Crippen LogP contribution in [0.2, 0.25) is 0 Å². The van der Waals surface area contributed by atoms with Crippen LogP contribution >= 0.6 is 0 Å². The Morgan fingerprint density at radius 1 is 0.848 bits per heavy atom. The van der Waals surface area contributed by atoms with Crippen molar-refractivity contribution < 1.29 is 39.6 Å². The van der Waals surface area contributed by atoms with Gasteiger partial charge in [-0.3, -0.25) is 4.79 Å². The second-order valence-electron chi connectivity index (χ2n) is 11.7. The number of para-hydroxylation sites is 1. The monoisotopic (exact) mass is 672 g/mol. The van der Waals surface area contributed by atoms with E-state index in [-0.39, 0.29) is 42.5 Å². The minimum absolute atomic E-state index is 0.0388. The number of piperazine rings is 1. The first-order valence-corrected chi connectivity index (χ1v) is 16.4. The largest absolute Gasteiger partial charge is 0.416 e. The van der Waals surface area contributed by atoms with Crippen LogP contribution in [0.3, 0.4) is 0 Å². The first-order chi connectivity index (χ1) is 21.6. The maximum Gasteiger partial charge on any atom is 0.416 e. The average Bonchev–Trinajstić information content (AvgIpc) is 3.02. The summed E-state index contributed by atoms with van der Waals surface area (Å²) in [7, 11) is -4.63. The number of halogens is 6. The zero-order valence-electron chi connectivity index (χ0n) is 25.0. The maximum atomic E-state index is 13.2. The highest BCUT2D eigenvalue weighted by atomic mass is 32.2. The van der Waals surface area contributed by atoms with Crippen molar-refractivity contribution in [2.24, 2.45) is 11.8 Å². The van der Waals surface area contributed by atoms with Crippen molar-refractivity contribution in [1.82, 2.24) is 19.6 Å². The predicted molar refractivity (Wildman–Crippen MR) is 160 cm³/mol. The summed E-state index contributed by atoms with van der Waals surface area (Å²) in [6.45, 7) is 4.51. The molecule has 0 radical (unpaired) electrons. The van der Waals surface area contributed by atoms with Crippen molar-refractivity contribution >= 4 is 38.6 Å². The molecule has 1 aliphatic carbocycles. The Hall–Kier alpha value is -3.66. The van der Waals surface area contributed by atoms with E-state index in [0.29, 0.717) is 51.5 Å². The lowest BCUT2D eigenvalue weighted by atomic mass is 9.82. The standard InChI is InChI=1S/C30H34F6N6O3S/c1-19(43)41-10-12-42(13-11-41)27-25-4-2-3-5-26(25)39-28(40-27)37-17-20-6-8-21(9-7-20)18-38-46(44,45)24-15-22(29(31,32)33)14-23(16-24)30(34,35)36/h2-5,14-16,20-21,38H,6-13,17-18H2,1H3,(H,37,39,40). The molecule has 0 atom stereocenters. The van der Waals surface area contributed by atoms with Gasteiger partial charge in [-0.2, -0.15) is 31.3 Å². The van der Waals surface area contributed by atoms with Gasteiger partial charge in [-0.15, -0.1) is 0 Å². The molecule has 0 unspecified atom stereocenters. The van der Waals surface area contributed by atoms with Crippen LogP contribution in [-0.2, 0) is 27.2 Å². The third-order valence-corrected chi connectivity index (χ3v) is 9.96.